The highest BCUT2D eigenvalue weighted by molar-refractivity contribution is 7.03. The number of nitrogens with one attached hydrogen (secondary N) is 1. The van der Waals surface area contributed by atoms with Crippen molar-refractivity contribution < 1.29 is 0 Å². The van der Waals surface area contributed by atoms with Crippen molar-refractivity contribution >= 4 is 34.5 Å². The van der Waals surface area contributed by atoms with Crippen molar-refractivity contribution in [3.63, 3.8) is 0 Å². The van der Waals surface area contributed by atoms with Crippen LogP contribution in [0.2, 0.25) is 5.02 Å². The summed E-state index contributed by atoms with van der Waals surface area (Å²) >= 11 is 7.35. The Kier molecular flexibility index (Phi) is 3.81. The lowest BCUT2D eigenvalue weighted by Gasteiger charge is -2.18. The highest BCUT2D eigenvalue weighted by Gasteiger charge is 2.05. The molecule has 90 valence electrons. The first-order valence-electron chi connectivity index (χ1n) is 5.13. The van der Waals surface area contributed by atoms with Gasteiger partial charge in [-0.2, -0.15) is 0 Å². The summed E-state index contributed by atoms with van der Waals surface area (Å²) in [6.07, 6.45) is 0. The van der Waals surface area contributed by atoms with Gasteiger partial charge in [0.15, 0.2) is 0 Å². The highest BCUT2D eigenvalue weighted by atomic mass is 35.5. The van der Waals surface area contributed by atoms with E-state index in [2.05, 4.69) is 14.9 Å². The van der Waals surface area contributed by atoms with Crippen LogP contribution in [0.25, 0.3) is 0 Å². The summed E-state index contributed by atoms with van der Waals surface area (Å²) in [6.45, 7) is 0.650. The number of halogens is 1. The number of rotatable bonds is 4. The minimum absolute atomic E-state index is 0.650. The third-order valence-corrected chi connectivity index (χ3v) is 3.09. The van der Waals surface area contributed by atoms with Crippen LogP contribution in [0.1, 0.15) is 5.69 Å². The van der Waals surface area contributed by atoms with E-state index in [1.54, 1.807) is 0 Å². The third-order valence-electron chi connectivity index (χ3n) is 2.31. The van der Waals surface area contributed by atoms with Gasteiger partial charge in [0.05, 0.1) is 23.6 Å². The smallest absolute Gasteiger partial charge is 0.0946 e. The molecule has 0 radical (unpaired) electrons. The second kappa shape index (κ2) is 5.33. The molecule has 0 saturated carbocycles. The molecule has 1 aromatic heterocycles. The van der Waals surface area contributed by atoms with Gasteiger partial charge in [0.2, 0.25) is 0 Å². The van der Waals surface area contributed by atoms with Gasteiger partial charge in [-0.1, -0.05) is 16.1 Å². The molecule has 0 atom stereocenters. The third kappa shape index (κ3) is 3.08. The summed E-state index contributed by atoms with van der Waals surface area (Å²) < 4.78 is 3.82. The summed E-state index contributed by atoms with van der Waals surface area (Å²) in [6, 6.07) is 5.78. The zero-order chi connectivity index (χ0) is 12.3. The van der Waals surface area contributed by atoms with Gasteiger partial charge < -0.3 is 10.2 Å². The molecule has 0 unspecified atom stereocenters. The lowest BCUT2D eigenvalue weighted by molar-refractivity contribution is 0.995. The molecule has 0 spiro atoms. The topological polar surface area (TPSA) is 41.0 Å². The van der Waals surface area contributed by atoms with Crippen molar-refractivity contribution in [1.82, 2.24) is 9.59 Å². The van der Waals surface area contributed by atoms with Gasteiger partial charge in [-0.25, -0.2) is 0 Å². The van der Waals surface area contributed by atoms with Crippen LogP contribution in [0.15, 0.2) is 23.6 Å². The van der Waals surface area contributed by atoms with Crippen molar-refractivity contribution in [2.45, 2.75) is 6.54 Å². The van der Waals surface area contributed by atoms with E-state index in [0.29, 0.717) is 6.54 Å². The van der Waals surface area contributed by atoms with Crippen molar-refractivity contribution in [3.8, 4) is 0 Å². The first-order valence-corrected chi connectivity index (χ1v) is 6.35. The van der Waals surface area contributed by atoms with E-state index in [9.17, 15) is 0 Å². The monoisotopic (exact) mass is 268 g/mol. The van der Waals surface area contributed by atoms with E-state index in [1.165, 1.54) is 11.5 Å². The molecule has 4 nitrogen and oxygen atoms in total. The van der Waals surface area contributed by atoms with Crippen molar-refractivity contribution in [2.24, 2.45) is 0 Å². The summed E-state index contributed by atoms with van der Waals surface area (Å²) in [5.74, 6) is 0. The summed E-state index contributed by atoms with van der Waals surface area (Å²) in [4.78, 5) is 2.04. The molecule has 2 rings (SSSR count). The quantitative estimate of drug-likeness (QED) is 0.926. The SMILES string of the molecule is CN(C)c1ccc(Cl)cc1NCc1csnn1. The van der Waals surface area contributed by atoms with Gasteiger partial charge in [0.1, 0.15) is 0 Å². The molecule has 0 aliphatic heterocycles. The Hall–Kier alpha value is -1.33. The molecule has 0 saturated heterocycles. The van der Waals surface area contributed by atoms with Crippen LogP contribution in [-0.4, -0.2) is 23.7 Å². The van der Waals surface area contributed by atoms with E-state index in [4.69, 9.17) is 11.6 Å². The van der Waals surface area contributed by atoms with Crippen LogP contribution in [0.4, 0.5) is 11.4 Å². The molecule has 6 heteroatoms. The molecule has 1 aromatic carbocycles. The molecule has 0 aliphatic carbocycles. The Morgan fingerprint density at radius 2 is 2.24 bits per heavy atom. The lowest BCUT2D eigenvalue weighted by atomic mass is 10.2. The zero-order valence-corrected chi connectivity index (χ0v) is 11.2. The van der Waals surface area contributed by atoms with Crippen LogP contribution in [0.3, 0.4) is 0 Å². The number of benzene rings is 1. The second-order valence-corrected chi connectivity index (χ2v) is 4.85. The van der Waals surface area contributed by atoms with Gasteiger partial charge in [0.25, 0.3) is 0 Å². The van der Waals surface area contributed by atoms with Crippen LogP contribution in [0, 0.1) is 0 Å². The van der Waals surface area contributed by atoms with Crippen molar-refractivity contribution in [3.05, 3.63) is 34.3 Å². The molecule has 1 N–H and O–H groups in total. The van der Waals surface area contributed by atoms with E-state index in [1.807, 2.05) is 42.6 Å². The van der Waals surface area contributed by atoms with Crippen LogP contribution < -0.4 is 10.2 Å². The van der Waals surface area contributed by atoms with Gasteiger partial charge >= 0.3 is 0 Å². The molecule has 0 aliphatic rings. The lowest BCUT2D eigenvalue weighted by Crippen LogP contribution is -2.12. The Morgan fingerprint density at radius 3 is 2.88 bits per heavy atom. The summed E-state index contributed by atoms with van der Waals surface area (Å²) in [7, 11) is 4.00. The predicted octanol–water partition coefficient (Wildman–Crippen LogP) is 2.87. The average molecular weight is 269 g/mol. The first kappa shape index (κ1) is 12.1. The van der Waals surface area contributed by atoms with Crippen molar-refractivity contribution in [1.29, 1.82) is 0 Å². The molecule has 1 heterocycles. The largest absolute Gasteiger partial charge is 0.378 e. The maximum absolute atomic E-state index is 6.00. The Morgan fingerprint density at radius 1 is 1.41 bits per heavy atom. The van der Waals surface area contributed by atoms with E-state index in [-0.39, 0.29) is 0 Å². The minimum Gasteiger partial charge on any atom is -0.378 e. The zero-order valence-electron chi connectivity index (χ0n) is 9.64. The fourth-order valence-electron chi connectivity index (χ4n) is 1.49. The van der Waals surface area contributed by atoms with E-state index in [0.717, 1.165) is 22.1 Å². The molecule has 2 aromatic rings. The standard InChI is InChI=1S/C11H13ClN4S/c1-16(2)11-4-3-8(12)5-10(11)13-6-9-7-17-15-14-9/h3-5,7,13H,6H2,1-2H3. The van der Waals surface area contributed by atoms with E-state index >= 15 is 0 Å². The fourth-order valence-corrected chi connectivity index (χ4v) is 2.11. The maximum Gasteiger partial charge on any atom is 0.0946 e. The van der Waals surface area contributed by atoms with Crippen LogP contribution in [-0.2, 0) is 6.54 Å². The highest BCUT2D eigenvalue weighted by Crippen LogP contribution is 2.28. The van der Waals surface area contributed by atoms with E-state index < -0.39 is 0 Å². The van der Waals surface area contributed by atoms with Crippen LogP contribution >= 0.6 is 23.1 Å². The molecular weight excluding hydrogens is 256 g/mol. The normalized spacial score (nSPS) is 10.3. The number of aromatic nitrogens is 2. The second-order valence-electron chi connectivity index (χ2n) is 3.81. The number of nitrogens with zero attached hydrogens (tertiary/aromatic N) is 3. The number of hydrogen-bond acceptors (Lipinski definition) is 5. The predicted molar refractivity (Wildman–Crippen MR) is 73.0 cm³/mol. The van der Waals surface area contributed by atoms with Crippen molar-refractivity contribution in [2.75, 3.05) is 24.3 Å². The average Bonchev–Trinajstić information content (AvgIpc) is 2.78. The first-order chi connectivity index (χ1) is 8.16. The van der Waals surface area contributed by atoms with Gasteiger partial charge in [0, 0.05) is 24.5 Å². The number of hydrogen-bond donors (Lipinski definition) is 1. The Bertz CT molecular complexity index is 484. The maximum atomic E-state index is 6.00. The van der Waals surface area contributed by atoms with Gasteiger partial charge in [-0.15, -0.1) is 5.10 Å². The molecule has 17 heavy (non-hydrogen) atoms. The molecular formula is C11H13ClN4S. The molecule has 0 amide bonds. The minimum atomic E-state index is 0.650. The molecule has 0 fully saturated rings. The van der Waals surface area contributed by atoms with Gasteiger partial charge in [-0.3, -0.25) is 0 Å². The fraction of sp³-hybridized carbons (Fsp3) is 0.273. The Labute approximate surface area is 109 Å². The Balaban J connectivity index is 2.16. The summed E-state index contributed by atoms with van der Waals surface area (Å²) in [5, 5.41) is 9.94. The van der Waals surface area contributed by atoms with Crippen LogP contribution in [0.5, 0.6) is 0 Å². The molecule has 0 bridgehead atoms. The van der Waals surface area contributed by atoms with Gasteiger partial charge in [-0.05, 0) is 29.7 Å². The summed E-state index contributed by atoms with van der Waals surface area (Å²) in [5.41, 5.74) is 3.02. The number of anilines is 2.